The highest BCUT2D eigenvalue weighted by Gasteiger charge is 2.06. The number of anilines is 1. The van der Waals surface area contributed by atoms with Crippen LogP contribution in [0, 0.1) is 0 Å². The zero-order valence-corrected chi connectivity index (χ0v) is 11.4. The highest BCUT2D eigenvalue weighted by molar-refractivity contribution is 6.08. The van der Waals surface area contributed by atoms with Crippen LogP contribution in [0.3, 0.4) is 0 Å². The number of aliphatic imine (C=N–C) groups is 1. The minimum Gasteiger partial charge on any atom is -0.383 e. The van der Waals surface area contributed by atoms with E-state index >= 15 is 0 Å². The fourth-order valence-electron chi connectivity index (χ4n) is 1.66. The number of nitrogens with two attached hydrogens (primary N) is 1. The molecular weight excluding hydrogens is 252 g/mol. The predicted octanol–water partition coefficient (Wildman–Crippen LogP) is 1.69. The number of carbonyl (C=O) groups is 1. The van der Waals surface area contributed by atoms with Crippen molar-refractivity contribution < 1.29 is 4.79 Å². The fraction of sp³-hybridized carbons (Fsp3) is 0.133. The molecule has 1 aromatic heterocycles. The summed E-state index contributed by atoms with van der Waals surface area (Å²) in [4.78, 5) is 21.8. The van der Waals surface area contributed by atoms with Gasteiger partial charge in [0.2, 0.25) is 0 Å². The number of hydrogen-bond acceptors (Lipinski definition) is 3. The van der Waals surface area contributed by atoms with E-state index in [4.69, 9.17) is 5.73 Å². The van der Waals surface area contributed by atoms with Gasteiger partial charge < -0.3 is 10.6 Å². The molecule has 0 radical (unpaired) electrons. The number of nitrogens with zero attached hydrogens (tertiary/aromatic N) is 3. The molecule has 20 heavy (non-hydrogen) atoms. The van der Waals surface area contributed by atoms with Crippen LogP contribution >= 0.6 is 0 Å². The van der Waals surface area contributed by atoms with Crippen LogP contribution in [0.15, 0.2) is 53.8 Å². The topological polar surface area (TPSA) is 71.6 Å². The zero-order chi connectivity index (χ0) is 14.5. The second-order valence-corrected chi connectivity index (χ2v) is 4.48. The van der Waals surface area contributed by atoms with Crippen LogP contribution in [0.2, 0.25) is 0 Å². The van der Waals surface area contributed by atoms with E-state index in [1.54, 1.807) is 36.7 Å². The van der Waals surface area contributed by atoms with E-state index in [1.165, 1.54) is 0 Å². The van der Waals surface area contributed by atoms with Crippen LogP contribution in [0.1, 0.15) is 15.9 Å². The van der Waals surface area contributed by atoms with Gasteiger partial charge in [-0.1, -0.05) is 0 Å². The quantitative estimate of drug-likeness (QED) is 0.679. The van der Waals surface area contributed by atoms with Crippen molar-refractivity contribution in [2.24, 2.45) is 10.7 Å². The van der Waals surface area contributed by atoms with Gasteiger partial charge in [0.25, 0.3) is 5.91 Å². The lowest BCUT2D eigenvalue weighted by Gasteiger charge is -2.11. The maximum absolute atomic E-state index is 12.0. The first kappa shape index (κ1) is 13.7. The molecule has 0 saturated heterocycles. The first-order valence-electron chi connectivity index (χ1n) is 6.14. The Labute approximate surface area is 117 Å². The van der Waals surface area contributed by atoms with Gasteiger partial charge in [-0.25, -0.2) is 0 Å². The number of benzene rings is 1. The van der Waals surface area contributed by atoms with Gasteiger partial charge in [-0.3, -0.25) is 9.78 Å². The summed E-state index contributed by atoms with van der Waals surface area (Å²) in [6.07, 6.45) is 3.21. The minimum atomic E-state index is -0.357. The van der Waals surface area contributed by atoms with Gasteiger partial charge in [0.15, 0.2) is 0 Å². The van der Waals surface area contributed by atoms with Crippen LogP contribution in [-0.4, -0.2) is 30.8 Å². The van der Waals surface area contributed by atoms with E-state index in [0.29, 0.717) is 11.1 Å². The molecule has 2 aromatic rings. The highest BCUT2D eigenvalue weighted by Crippen LogP contribution is 2.13. The molecule has 102 valence electrons. The van der Waals surface area contributed by atoms with Gasteiger partial charge in [0.1, 0.15) is 5.84 Å². The summed E-state index contributed by atoms with van der Waals surface area (Å²) in [5, 5.41) is 0. The summed E-state index contributed by atoms with van der Waals surface area (Å²) in [7, 11) is 3.88. The van der Waals surface area contributed by atoms with Crippen molar-refractivity contribution in [3.63, 3.8) is 0 Å². The molecule has 0 aliphatic rings. The Morgan fingerprint density at radius 3 is 2.20 bits per heavy atom. The molecule has 0 aliphatic carbocycles. The van der Waals surface area contributed by atoms with E-state index in [-0.39, 0.29) is 11.7 Å². The Balaban J connectivity index is 2.19. The number of pyridine rings is 1. The van der Waals surface area contributed by atoms with Crippen LogP contribution in [0.5, 0.6) is 0 Å². The Morgan fingerprint density at radius 1 is 1.05 bits per heavy atom. The summed E-state index contributed by atoms with van der Waals surface area (Å²) >= 11 is 0. The lowest BCUT2D eigenvalue weighted by Crippen LogP contribution is -2.16. The third kappa shape index (κ3) is 3.20. The second-order valence-electron chi connectivity index (χ2n) is 4.48. The SMILES string of the molecule is CN(C)c1ccc(C(=O)N=C(N)c2ccncc2)cc1. The van der Waals surface area contributed by atoms with Gasteiger partial charge >= 0.3 is 0 Å². The highest BCUT2D eigenvalue weighted by atomic mass is 16.1. The van der Waals surface area contributed by atoms with Gasteiger partial charge in [-0.05, 0) is 36.4 Å². The summed E-state index contributed by atoms with van der Waals surface area (Å²) in [5.74, 6) is -0.168. The first-order chi connectivity index (χ1) is 9.58. The maximum Gasteiger partial charge on any atom is 0.278 e. The van der Waals surface area contributed by atoms with Crippen LogP contribution in [0.4, 0.5) is 5.69 Å². The molecule has 1 heterocycles. The lowest BCUT2D eigenvalue weighted by atomic mass is 10.2. The maximum atomic E-state index is 12.0. The Morgan fingerprint density at radius 2 is 1.65 bits per heavy atom. The average molecular weight is 268 g/mol. The number of amides is 1. The largest absolute Gasteiger partial charge is 0.383 e. The normalized spacial score (nSPS) is 11.2. The third-order valence-corrected chi connectivity index (χ3v) is 2.83. The fourth-order valence-corrected chi connectivity index (χ4v) is 1.66. The van der Waals surface area contributed by atoms with Crippen molar-refractivity contribution >= 4 is 17.4 Å². The van der Waals surface area contributed by atoms with E-state index in [2.05, 4.69) is 9.98 Å². The van der Waals surface area contributed by atoms with E-state index in [9.17, 15) is 4.79 Å². The van der Waals surface area contributed by atoms with Gasteiger partial charge in [-0.2, -0.15) is 4.99 Å². The monoisotopic (exact) mass is 268 g/mol. The molecule has 2 N–H and O–H groups in total. The van der Waals surface area contributed by atoms with Gasteiger partial charge in [0.05, 0.1) is 0 Å². The van der Waals surface area contributed by atoms with E-state index in [0.717, 1.165) is 5.69 Å². The van der Waals surface area contributed by atoms with Crippen molar-refractivity contribution in [3.8, 4) is 0 Å². The summed E-state index contributed by atoms with van der Waals surface area (Å²) in [5.41, 5.74) is 8.01. The van der Waals surface area contributed by atoms with E-state index in [1.807, 2.05) is 31.1 Å². The molecule has 5 heteroatoms. The molecule has 0 atom stereocenters. The van der Waals surface area contributed by atoms with Crippen molar-refractivity contribution in [2.75, 3.05) is 19.0 Å². The first-order valence-corrected chi connectivity index (χ1v) is 6.14. The summed E-state index contributed by atoms with van der Waals surface area (Å²) in [6.45, 7) is 0. The molecule has 0 spiro atoms. The van der Waals surface area contributed by atoms with Crippen LogP contribution in [0.25, 0.3) is 0 Å². The molecule has 2 rings (SSSR count). The molecule has 5 nitrogen and oxygen atoms in total. The van der Waals surface area contributed by atoms with Gasteiger partial charge in [-0.15, -0.1) is 0 Å². The average Bonchev–Trinajstić information content (AvgIpc) is 2.48. The second kappa shape index (κ2) is 5.97. The van der Waals surface area contributed by atoms with E-state index < -0.39 is 0 Å². The Kier molecular flexibility index (Phi) is 4.10. The van der Waals surface area contributed by atoms with Crippen LogP contribution in [-0.2, 0) is 0 Å². The minimum absolute atomic E-state index is 0.189. The van der Waals surface area contributed by atoms with Gasteiger partial charge in [0, 0.05) is 43.3 Å². The zero-order valence-electron chi connectivity index (χ0n) is 11.4. The molecular formula is C15H16N4O. The molecule has 0 saturated carbocycles. The van der Waals surface area contributed by atoms with Crippen molar-refractivity contribution in [1.82, 2.24) is 4.98 Å². The van der Waals surface area contributed by atoms with Crippen LogP contribution < -0.4 is 10.6 Å². The van der Waals surface area contributed by atoms with Crippen molar-refractivity contribution in [3.05, 3.63) is 59.9 Å². The van der Waals surface area contributed by atoms with Crippen molar-refractivity contribution in [2.45, 2.75) is 0 Å². The number of carbonyl (C=O) groups excluding carboxylic acids is 1. The van der Waals surface area contributed by atoms with Crippen molar-refractivity contribution in [1.29, 1.82) is 0 Å². The number of aromatic nitrogens is 1. The summed E-state index contributed by atoms with van der Waals surface area (Å²) in [6, 6.07) is 10.6. The summed E-state index contributed by atoms with van der Waals surface area (Å²) < 4.78 is 0. The molecule has 0 unspecified atom stereocenters. The standard InChI is InChI=1S/C15H16N4O/c1-19(2)13-5-3-12(4-6-13)15(20)18-14(16)11-7-9-17-10-8-11/h3-10H,1-2H3,(H2,16,18,20). The smallest absolute Gasteiger partial charge is 0.278 e. The molecule has 1 amide bonds. The molecule has 0 aliphatic heterocycles. The third-order valence-electron chi connectivity index (χ3n) is 2.83. The number of hydrogen-bond donors (Lipinski definition) is 1. The predicted molar refractivity (Wildman–Crippen MR) is 80.1 cm³/mol. The Hall–Kier alpha value is -2.69. The molecule has 1 aromatic carbocycles. The Bertz CT molecular complexity index is 618. The number of rotatable bonds is 3. The lowest BCUT2D eigenvalue weighted by molar-refractivity contribution is 0.100. The molecule has 0 fully saturated rings. The number of amidine groups is 1. The molecule has 0 bridgehead atoms.